The van der Waals surface area contributed by atoms with Crippen LogP contribution in [0.2, 0.25) is 0 Å². The molecule has 4 rings (SSSR count). The molecule has 0 N–H and O–H groups in total. The van der Waals surface area contributed by atoms with E-state index in [0.29, 0.717) is 0 Å². The summed E-state index contributed by atoms with van der Waals surface area (Å²) >= 11 is 0. The molecule has 2 aromatic rings. The zero-order valence-corrected chi connectivity index (χ0v) is 20.6. The second-order valence-electron chi connectivity index (χ2n) is 6.84. The van der Waals surface area contributed by atoms with Gasteiger partial charge in [-0.05, 0) is 39.3 Å². The third kappa shape index (κ3) is 3.72. The maximum atomic E-state index is 3.69. The Bertz CT molecular complexity index is 1020. The zero-order valence-electron chi connectivity index (χ0n) is 15.5. The molecule has 0 nitrogen and oxygen atoms in total. The monoisotopic (exact) mass is 547 g/mol. The minimum absolute atomic E-state index is 0. The molecule has 3 heteroatoms. The van der Waals surface area contributed by atoms with Crippen molar-refractivity contribution in [2.75, 3.05) is 0 Å². The molecule has 2 aliphatic carbocycles. The van der Waals surface area contributed by atoms with Gasteiger partial charge in [0.1, 0.15) is 0 Å². The molecule has 134 valence electrons. The first kappa shape index (κ1) is 23.1. The largest absolute Gasteiger partial charge is 1.00 e. The van der Waals surface area contributed by atoms with Crippen LogP contribution in [-0.4, -0.2) is 0 Å². The molecular weight excluding hydrogens is 526 g/mol. The molecule has 0 aromatic heterocycles. The van der Waals surface area contributed by atoms with E-state index >= 15 is 0 Å². The Morgan fingerprint density at radius 3 is 2.35 bits per heavy atom. The summed E-state index contributed by atoms with van der Waals surface area (Å²) in [7, 11) is 0. The third-order valence-electron chi connectivity index (χ3n) is 4.94. The maximum absolute atomic E-state index is 3.69. The summed E-state index contributed by atoms with van der Waals surface area (Å²) in [6, 6.07) is 9.06. The second-order valence-corrected chi connectivity index (χ2v) is 6.84. The number of rotatable bonds is 1. The van der Waals surface area contributed by atoms with Crippen LogP contribution in [0, 0.1) is 13.8 Å². The molecular formula is C23H21Cl2Hf-3. The van der Waals surface area contributed by atoms with Crippen LogP contribution in [0.3, 0.4) is 0 Å². The fourth-order valence-corrected chi connectivity index (χ4v) is 3.81. The molecule has 0 aliphatic heterocycles. The fraction of sp³-hybridized carbons (Fsp3) is 0.217. The summed E-state index contributed by atoms with van der Waals surface area (Å²) in [6.45, 7) is 8.82. The van der Waals surface area contributed by atoms with E-state index in [2.05, 4.69) is 76.3 Å². The number of halogens is 2. The van der Waals surface area contributed by atoms with Crippen molar-refractivity contribution in [1.29, 1.82) is 0 Å². The van der Waals surface area contributed by atoms with Crippen LogP contribution in [0.25, 0.3) is 28.3 Å². The fourth-order valence-electron chi connectivity index (χ4n) is 3.81. The Hall–Kier alpha value is -0.890. The molecule has 0 bridgehead atoms. The first-order chi connectivity index (χ1) is 11.1. The van der Waals surface area contributed by atoms with Crippen LogP contribution >= 0.6 is 0 Å². The predicted molar refractivity (Wildman–Crippen MR) is 99.6 cm³/mol. The minimum Gasteiger partial charge on any atom is -1.00 e. The van der Waals surface area contributed by atoms with Crippen molar-refractivity contribution >= 4 is 17.2 Å². The van der Waals surface area contributed by atoms with Crippen LogP contribution in [0.15, 0.2) is 42.5 Å². The zero-order chi connectivity index (χ0) is 16.1. The molecule has 0 radical (unpaired) electrons. The normalized spacial score (nSPS) is 12.7. The van der Waals surface area contributed by atoms with E-state index in [1.807, 2.05) is 0 Å². The average Bonchev–Trinajstić information content (AvgIpc) is 3.13. The van der Waals surface area contributed by atoms with Crippen LogP contribution in [0.1, 0.15) is 42.5 Å². The van der Waals surface area contributed by atoms with Crippen molar-refractivity contribution in [2.45, 2.75) is 34.1 Å². The summed E-state index contributed by atoms with van der Waals surface area (Å²) in [6.07, 6.45) is 11.4. The number of hydrogen-bond acceptors (Lipinski definition) is 0. The van der Waals surface area contributed by atoms with Gasteiger partial charge in [-0.1, -0.05) is 64.3 Å². The molecule has 0 saturated carbocycles. The number of benzene rings is 2. The summed E-state index contributed by atoms with van der Waals surface area (Å²) in [4.78, 5) is 0. The molecule has 0 unspecified atom stereocenters. The Kier molecular flexibility index (Phi) is 7.89. The first-order valence-corrected chi connectivity index (χ1v) is 8.28. The summed E-state index contributed by atoms with van der Waals surface area (Å²) < 4.78 is 0. The molecule has 0 spiro atoms. The van der Waals surface area contributed by atoms with Gasteiger partial charge in [0.2, 0.25) is 0 Å². The standard InChI is InChI=1S/C23H21.2ClH.Hf/c1-14(2)20-13-21-19-10-9-15(3)11-18(19)12-22(21)23(16(20)4)17-7-5-6-8-17;;;/h5-7,9-11,13H,8H2,1-4H3;2*1H;/q-1;;;/p-2. The molecule has 0 atom stereocenters. The number of allylic oxidation sites excluding steroid dienone is 4. The molecule has 0 heterocycles. The number of aryl methyl sites for hydroxylation is 1. The summed E-state index contributed by atoms with van der Waals surface area (Å²) in [5.41, 5.74) is 10.7. The van der Waals surface area contributed by atoms with Gasteiger partial charge in [-0.2, -0.15) is 0 Å². The SMILES string of the molecule is CC(C)=c1cc2c(c(C3=CC=CC3)c1C)=[C-]c1cc(C)ccc1-2.[Cl-].[Cl-].[Hf]. The van der Waals surface area contributed by atoms with Gasteiger partial charge in [-0.25, -0.2) is 0 Å². The van der Waals surface area contributed by atoms with E-state index in [0.717, 1.165) is 6.42 Å². The molecule has 0 amide bonds. The smallest absolute Gasteiger partial charge is 0 e. The predicted octanol–water partition coefficient (Wildman–Crippen LogP) is -1.47. The van der Waals surface area contributed by atoms with Crippen LogP contribution < -0.4 is 35.3 Å². The maximum Gasteiger partial charge on any atom is 0 e. The van der Waals surface area contributed by atoms with Gasteiger partial charge in [0.05, 0.1) is 0 Å². The summed E-state index contributed by atoms with van der Waals surface area (Å²) in [5.74, 6) is 0. The second kappa shape index (κ2) is 8.87. The van der Waals surface area contributed by atoms with Crippen molar-refractivity contribution in [3.05, 3.63) is 75.2 Å². The first-order valence-electron chi connectivity index (χ1n) is 8.28. The Balaban J connectivity index is 0.00000113. The van der Waals surface area contributed by atoms with Crippen LogP contribution in [0.5, 0.6) is 0 Å². The van der Waals surface area contributed by atoms with Gasteiger partial charge < -0.3 is 24.8 Å². The summed E-state index contributed by atoms with van der Waals surface area (Å²) in [5, 5.41) is 2.66. The van der Waals surface area contributed by atoms with Gasteiger partial charge in [0, 0.05) is 25.8 Å². The van der Waals surface area contributed by atoms with E-state index in [4.69, 9.17) is 0 Å². The van der Waals surface area contributed by atoms with Crippen molar-refractivity contribution < 1.29 is 50.7 Å². The number of fused-ring (bicyclic) bond motifs is 3. The van der Waals surface area contributed by atoms with Gasteiger partial charge in [0.25, 0.3) is 0 Å². The average molecular weight is 547 g/mol. The molecule has 0 fully saturated rings. The van der Waals surface area contributed by atoms with E-state index < -0.39 is 0 Å². The van der Waals surface area contributed by atoms with E-state index in [1.54, 1.807) is 0 Å². The van der Waals surface area contributed by atoms with Gasteiger partial charge in [-0.15, -0.1) is 34.1 Å². The molecule has 2 aromatic carbocycles. The van der Waals surface area contributed by atoms with Crippen LogP contribution in [0.4, 0.5) is 0 Å². The Morgan fingerprint density at radius 2 is 1.73 bits per heavy atom. The van der Waals surface area contributed by atoms with Crippen LogP contribution in [-0.2, 0) is 25.8 Å². The molecule has 2 aliphatic rings. The van der Waals surface area contributed by atoms with Crippen molar-refractivity contribution in [1.82, 2.24) is 0 Å². The Labute approximate surface area is 187 Å². The van der Waals surface area contributed by atoms with Crippen molar-refractivity contribution in [3.63, 3.8) is 0 Å². The minimum atomic E-state index is 0. The van der Waals surface area contributed by atoms with E-state index in [9.17, 15) is 0 Å². The molecule has 0 saturated heterocycles. The number of hydrogen-bond donors (Lipinski definition) is 0. The quantitative estimate of drug-likeness (QED) is 0.258. The van der Waals surface area contributed by atoms with E-state index in [1.165, 1.54) is 55.0 Å². The van der Waals surface area contributed by atoms with Crippen molar-refractivity contribution in [3.8, 4) is 11.1 Å². The molecule has 26 heavy (non-hydrogen) atoms. The van der Waals surface area contributed by atoms with Crippen molar-refractivity contribution in [2.24, 2.45) is 0 Å². The van der Waals surface area contributed by atoms with Gasteiger partial charge >= 0.3 is 0 Å². The third-order valence-corrected chi connectivity index (χ3v) is 4.94. The van der Waals surface area contributed by atoms with Gasteiger partial charge in [-0.3, -0.25) is 0 Å². The van der Waals surface area contributed by atoms with E-state index in [-0.39, 0.29) is 50.7 Å². The Morgan fingerprint density at radius 1 is 1.00 bits per heavy atom. The van der Waals surface area contributed by atoms with Gasteiger partial charge in [0.15, 0.2) is 0 Å². The topological polar surface area (TPSA) is 0 Å².